The highest BCUT2D eigenvalue weighted by atomic mass is 16.7. The molecule has 212 valence electrons. The van der Waals surface area contributed by atoms with Crippen molar-refractivity contribution < 1.29 is 54.8 Å². The molecule has 3 aliphatic rings. The predicted octanol–water partition coefficient (Wildman–Crippen LogP) is -0.297. The number of ether oxygens (including phenoxy) is 3. The van der Waals surface area contributed by atoms with Crippen LogP contribution in [0.1, 0.15) is 71.5 Å². The molecule has 0 bridgehead atoms. The van der Waals surface area contributed by atoms with E-state index in [1.54, 1.807) is 25.1 Å². The summed E-state index contributed by atoms with van der Waals surface area (Å²) in [6.07, 6.45) is -7.81. The second-order valence-corrected chi connectivity index (χ2v) is 10.5. The molecule has 0 saturated carbocycles. The summed E-state index contributed by atoms with van der Waals surface area (Å²) < 4.78 is 17.2. The highest BCUT2D eigenvalue weighted by molar-refractivity contribution is 5.89. The summed E-state index contributed by atoms with van der Waals surface area (Å²) in [6.45, 7) is 0.613. The summed E-state index contributed by atoms with van der Waals surface area (Å²) in [5, 5.41) is 76.6. The maximum Gasteiger partial charge on any atom is 0.190 e. The Bertz CT molecular complexity index is 1290. The third-order valence-corrected chi connectivity index (χ3v) is 8.14. The Balaban J connectivity index is 1.67. The molecule has 8 unspecified atom stereocenters. The van der Waals surface area contributed by atoms with E-state index in [4.69, 9.17) is 19.9 Å². The van der Waals surface area contributed by atoms with Gasteiger partial charge in [-0.2, -0.15) is 0 Å². The summed E-state index contributed by atoms with van der Waals surface area (Å²) in [5.41, 5.74) is 3.83. The number of carbonyl (C=O) groups excluding carboxylic acids is 1. The lowest BCUT2D eigenvalue weighted by molar-refractivity contribution is -0.247. The molecule has 5 rings (SSSR count). The summed E-state index contributed by atoms with van der Waals surface area (Å²) in [7, 11) is 1.39. The van der Waals surface area contributed by atoms with Crippen LogP contribution in [0.25, 0.3) is 0 Å². The first kappa shape index (κ1) is 27.7. The molecule has 39 heavy (non-hydrogen) atoms. The molecule has 12 nitrogen and oxygen atoms in total. The van der Waals surface area contributed by atoms with Gasteiger partial charge in [0.05, 0.1) is 25.4 Å². The number of hydrogen-bond acceptors (Lipinski definition) is 12. The van der Waals surface area contributed by atoms with Crippen molar-refractivity contribution in [2.75, 3.05) is 13.7 Å². The first-order valence-electron chi connectivity index (χ1n) is 12.7. The van der Waals surface area contributed by atoms with Gasteiger partial charge in [-0.15, -0.1) is 0 Å². The van der Waals surface area contributed by atoms with E-state index in [-0.39, 0.29) is 45.6 Å². The smallest absolute Gasteiger partial charge is 0.190 e. The third-order valence-electron chi connectivity index (χ3n) is 8.14. The van der Waals surface area contributed by atoms with Gasteiger partial charge in [0.2, 0.25) is 0 Å². The van der Waals surface area contributed by atoms with E-state index in [1.165, 1.54) is 7.11 Å². The van der Waals surface area contributed by atoms with E-state index < -0.39 is 85.2 Å². The zero-order valence-corrected chi connectivity index (χ0v) is 21.4. The van der Waals surface area contributed by atoms with Crippen molar-refractivity contribution in [2.45, 2.75) is 74.6 Å². The van der Waals surface area contributed by atoms with Crippen LogP contribution >= 0.6 is 0 Å². The molecule has 2 aromatic carbocycles. The minimum absolute atomic E-state index is 0.0118. The van der Waals surface area contributed by atoms with Gasteiger partial charge < -0.3 is 55.7 Å². The van der Waals surface area contributed by atoms with Gasteiger partial charge >= 0.3 is 0 Å². The minimum Gasteiger partial charge on any atom is -0.507 e. The molecular weight excluding hydrogens is 514 g/mol. The lowest BCUT2D eigenvalue weighted by atomic mass is 9.71. The van der Waals surface area contributed by atoms with Crippen molar-refractivity contribution >= 4 is 5.78 Å². The van der Waals surface area contributed by atoms with E-state index in [0.29, 0.717) is 0 Å². The van der Waals surface area contributed by atoms with Crippen molar-refractivity contribution in [2.24, 2.45) is 5.73 Å². The molecule has 0 aromatic heterocycles. The SMILES string of the molecule is COc1cccc2c1C(O)c1c(O)c3c(c(O)c1C2O)CC(O)(C(=O)CO)CC3OC1CC(N)C(O)C(C)O1. The van der Waals surface area contributed by atoms with Gasteiger partial charge in [0.25, 0.3) is 0 Å². The monoisotopic (exact) mass is 547 g/mol. The number of aliphatic hydroxyl groups is 5. The second kappa shape index (κ2) is 9.98. The molecule has 1 saturated heterocycles. The van der Waals surface area contributed by atoms with Crippen LogP contribution in [0.4, 0.5) is 0 Å². The Labute approximate surface area is 223 Å². The number of nitrogens with two attached hydrogens (primary N) is 1. The Hall–Kier alpha value is -2.81. The first-order valence-corrected chi connectivity index (χ1v) is 12.7. The van der Waals surface area contributed by atoms with Gasteiger partial charge in [0.1, 0.15) is 41.7 Å². The van der Waals surface area contributed by atoms with Gasteiger partial charge in [-0.25, -0.2) is 0 Å². The fourth-order valence-corrected chi connectivity index (χ4v) is 6.09. The lowest BCUT2D eigenvalue weighted by Gasteiger charge is -2.43. The molecule has 1 aliphatic heterocycles. The highest BCUT2D eigenvalue weighted by Gasteiger charge is 2.50. The first-order chi connectivity index (χ1) is 18.4. The largest absolute Gasteiger partial charge is 0.507 e. The number of fused-ring (bicyclic) bond motifs is 3. The van der Waals surface area contributed by atoms with Crippen LogP contribution in [0.5, 0.6) is 17.2 Å². The molecule has 2 aliphatic carbocycles. The number of aromatic hydroxyl groups is 2. The standard InChI is InChI=1S/C27H33NO11/c1-10-22(31)13(28)6-17(38-10)39-15-8-27(36,16(30)9-29)7-12-19(15)26(35)21-20(24(12)33)23(32)11-4-3-5-14(37-2)18(11)25(21)34/h3-5,10,13,15,17,22-23,25,29,31-36H,6-9,28H2,1-2H3. The van der Waals surface area contributed by atoms with E-state index >= 15 is 0 Å². The maximum atomic E-state index is 12.6. The number of Topliss-reactive ketones (excluding diaryl/α,β-unsaturated/α-hetero) is 1. The van der Waals surface area contributed by atoms with Gasteiger partial charge in [0.15, 0.2) is 12.1 Å². The van der Waals surface area contributed by atoms with Gasteiger partial charge in [-0.05, 0) is 18.6 Å². The van der Waals surface area contributed by atoms with E-state index in [2.05, 4.69) is 0 Å². The zero-order chi connectivity index (χ0) is 28.4. The number of phenols is 2. The third kappa shape index (κ3) is 4.28. The molecule has 2 aromatic rings. The molecular formula is C27H33NO11. The van der Waals surface area contributed by atoms with E-state index in [1.807, 2.05) is 0 Å². The van der Waals surface area contributed by atoms with Crippen LogP contribution < -0.4 is 10.5 Å². The summed E-state index contributed by atoms with van der Waals surface area (Å²) >= 11 is 0. The highest BCUT2D eigenvalue weighted by Crippen LogP contribution is 2.57. The van der Waals surface area contributed by atoms with Crippen LogP contribution in [0, 0.1) is 0 Å². The number of benzene rings is 2. The molecule has 9 N–H and O–H groups in total. The number of carbonyl (C=O) groups is 1. The quantitative estimate of drug-likeness (QED) is 0.227. The number of rotatable bonds is 5. The normalized spacial score (nSPS) is 33.6. The molecule has 1 fully saturated rings. The molecule has 0 amide bonds. The number of phenolic OH excluding ortho intramolecular Hbond substituents is 2. The van der Waals surface area contributed by atoms with E-state index in [0.717, 1.165) is 0 Å². The number of ketones is 1. The van der Waals surface area contributed by atoms with Crippen molar-refractivity contribution in [1.29, 1.82) is 0 Å². The minimum atomic E-state index is -2.19. The summed E-state index contributed by atoms with van der Waals surface area (Å²) in [5.74, 6) is -1.72. The van der Waals surface area contributed by atoms with Gasteiger partial charge in [0, 0.05) is 53.1 Å². The molecule has 1 heterocycles. The van der Waals surface area contributed by atoms with Crippen molar-refractivity contribution in [3.8, 4) is 17.2 Å². The Morgan fingerprint density at radius 1 is 1.10 bits per heavy atom. The Morgan fingerprint density at radius 3 is 2.44 bits per heavy atom. The summed E-state index contributed by atoms with van der Waals surface area (Å²) in [4.78, 5) is 12.6. The van der Waals surface area contributed by atoms with Crippen LogP contribution in [-0.2, 0) is 20.7 Å². The van der Waals surface area contributed by atoms with Gasteiger partial charge in [-0.3, -0.25) is 4.79 Å². The average molecular weight is 548 g/mol. The fourth-order valence-electron chi connectivity index (χ4n) is 6.09. The van der Waals surface area contributed by atoms with Crippen LogP contribution in [0.15, 0.2) is 18.2 Å². The topological polar surface area (TPSA) is 212 Å². The molecule has 8 atom stereocenters. The number of hydrogen-bond donors (Lipinski definition) is 8. The van der Waals surface area contributed by atoms with Gasteiger partial charge in [-0.1, -0.05) is 12.1 Å². The lowest BCUT2D eigenvalue weighted by Crippen LogP contribution is -2.53. The van der Waals surface area contributed by atoms with E-state index in [9.17, 15) is 40.5 Å². The average Bonchev–Trinajstić information content (AvgIpc) is 2.90. The van der Waals surface area contributed by atoms with Crippen molar-refractivity contribution in [1.82, 2.24) is 0 Å². The fraction of sp³-hybridized carbons (Fsp3) is 0.519. The number of methoxy groups -OCH3 is 1. The Kier molecular flexibility index (Phi) is 7.10. The molecule has 0 spiro atoms. The van der Waals surface area contributed by atoms with Crippen molar-refractivity contribution in [3.63, 3.8) is 0 Å². The van der Waals surface area contributed by atoms with Crippen LogP contribution in [0.2, 0.25) is 0 Å². The Morgan fingerprint density at radius 2 is 1.79 bits per heavy atom. The predicted molar refractivity (Wildman–Crippen MR) is 133 cm³/mol. The van der Waals surface area contributed by atoms with Crippen LogP contribution in [0.3, 0.4) is 0 Å². The summed E-state index contributed by atoms with van der Waals surface area (Å²) in [6, 6.07) is 4.03. The zero-order valence-electron chi connectivity index (χ0n) is 21.4. The second-order valence-electron chi connectivity index (χ2n) is 10.5. The van der Waals surface area contributed by atoms with Crippen LogP contribution in [-0.4, -0.2) is 85.4 Å². The molecule has 0 radical (unpaired) electrons. The maximum absolute atomic E-state index is 12.6. The number of aliphatic hydroxyl groups excluding tert-OH is 4. The van der Waals surface area contributed by atoms with Crippen molar-refractivity contribution in [3.05, 3.63) is 51.6 Å². The molecule has 12 heteroatoms.